The lowest BCUT2D eigenvalue weighted by Gasteiger charge is -2.29. The molecule has 2 aliphatic heterocycles. The fourth-order valence-corrected chi connectivity index (χ4v) is 4.84. The predicted molar refractivity (Wildman–Crippen MR) is 144 cm³/mol. The number of aryl methyl sites for hydroxylation is 2. The molecule has 0 amide bonds. The van der Waals surface area contributed by atoms with Crippen molar-refractivity contribution in [2.24, 2.45) is 4.99 Å². The number of ether oxygens (including phenoxy) is 3. The van der Waals surface area contributed by atoms with Crippen LogP contribution in [0.4, 0.5) is 0 Å². The number of methoxy groups -OCH3 is 3. The lowest BCUT2D eigenvalue weighted by molar-refractivity contribution is 0.324. The topological polar surface area (TPSA) is 43.3 Å². The first-order valence-corrected chi connectivity index (χ1v) is 11.7. The van der Waals surface area contributed by atoms with Gasteiger partial charge in [-0.15, -0.1) is 12.4 Å². The minimum absolute atomic E-state index is 0. The molecule has 0 saturated heterocycles. The van der Waals surface area contributed by atoms with Crippen molar-refractivity contribution in [2.75, 3.05) is 27.9 Å². The van der Waals surface area contributed by atoms with E-state index in [0.717, 1.165) is 41.1 Å². The number of nitrogens with zero attached hydrogens (tertiary/aromatic N) is 2. The number of alkyl halides is 1. The van der Waals surface area contributed by atoms with Gasteiger partial charge in [-0.3, -0.25) is 0 Å². The minimum Gasteiger partial charge on any atom is -0.493 e. The molecule has 5 nitrogen and oxygen atoms in total. The summed E-state index contributed by atoms with van der Waals surface area (Å²) in [6, 6.07) is 21.1. The van der Waals surface area contributed by atoms with Crippen LogP contribution in [0, 0.1) is 0 Å². The average molecular weight is 511 g/mol. The standard InChI is InChI=1S/C28H27ClN2O3.ClH/c1-32-24-14-19(15-25(33-2)27(24)34-3)9-8-18-10-12-20(13-11-18)23-16-21-6-4-5-7-22(21)28-30-26(29)17-31(23)28;/h4-7,10-16,26H,8-9,17H2,1-3H3;1H. The highest BCUT2D eigenvalue weighted by Crippen LogP contribution is 2.39. The number of hydrogen-bond acceptors (Lipinski definition) is 5. The van der Waals surface area contributed by atoms with Crippen molar-refractivity contribution in [2.45, 2.75) is 18.3 Å². The van der Waals surface area contributed by atoms with E-state index in [4.69, 9.17) is 25.8 Å². The lowest BCUT2D eigenvalue weighted by atomic mass is 9.96. The van der Waals surface area contributed by atoms with E-state index < -0.39 is 0 Å². The summed E-state index contributed by atoms with van der Waals surface area (Å²) in [5, 5.41) is 0. The third kappa shape index (κ3) is 4.84. The van der Waals surface area contributed by atoms with Gasteiger partial charge >= 0.3 is 0 Å². The van der Waals surface area contributed by atoms with Gasteiger partial charge in [-0.2, -0.15) is 0 Å². The highest BCUT2D eigenvalue weighted by Gasteiger charge is 2.32. The molecule has 2 aliphatic rings. The molecule has 2 heterocycles. The molecule has 0 radical (unpaired) electrons. The number of amidine groups is 1. The van der Waals surface area contributed by atoms with Crippen molar-refractivity contribution >= 4 is 41.6 Å². The van der Waals surface area contributed by atoms with Crippen molar-refractivity contribution in [3.8, 4) is 17.2 Å². The maximum absolute atomic E-state index is 6.41. The fraction of sp³-hybridized carbons (Fsp3) is 0.250. The average Bonchev–Trinajstić information content (AvgIpc) is 3.28. The van der Waals surface area contributed by atoms with Gasteiger partial charge in [0, 0.05) is 5.56 Å². The first-order chi connectivity index (χ1) is 16.6. The summed E-state index contributed by atoms with van der Waals surface area (Å²) in [4.78, 5) is 6.91. The SMILES string of the molecule is COc1cc(CCc2ccc(C3=Cc4ccccc4C4=NC(Cl)CN34)cc2)cc(OC)c1OC.Cl. The Morgan fingerprint density at radius 3 is 2.20 bits per heavy atom. The number of aliphatic imine (C=N–C) groups is 1. The van der Waals surface area contributed by atoms with Gasteiger partial charge in [0.05, 0.1) is 33.6 Å². The first kappa shape index (κ1) is 25.0. The Labute approximate surface area is 217 Å². The number of benzene rings is 3. The molecule has 0 N–H and O–H groups in total. The van der Waals surface area contributed by atoms with Crippen LogP contribution in [0.15, 0.2) is 65.7 Å². The summed E-state index contributed by atoms with van der Waals surface area (Å²) >= 11 is 6.41. The Balaban J connectivity index is 0.00000289. The van der Waals surface area contributed by atoms with Gasteiger partial charge in [0.1, 0.15) is 11.3 Å². The van der Waals surface area contributed by atoms with E-state index in [-0.39, 0.29) is 17.9 Å². The number of hydrogen-bond donors (Lipinski definition) is 0. The van der Waals surface area contributed by atoms with E-state index in [9.17, 15) is 0 Å². The quantitative estimate of drug-likeness (QED) is 0.286. The molecule has 0 aromatic heterocycles. The van der Waals surface area contributed by atoms with Crippen LogP contribution in [-0.4, -0.2) is 44.1 Å². The molecule has 7 heteroatoms. The van der Waals surface area contributed by atoms with Gasteiger partial charge in [0.2, 0.25) is 5.75 Å². The molecule has 0 bridgehead atoms. The van der Waals surface area contributed by atoms with E-state index in [1.165, 1.54) is 11.1 Å². The number of fused-ring (bicyclic) bond motifs is 3. The van der Waals surface area contributed by atoms with E-state index in [1.807, 2.05) is 18.2 Å². The highest BCUT2D eigenvalue weighted by molar-refractivity contribution is 6.24. The van der Waals surface area contributed by atoms with Gasteiger partial charge in [-0.25, -0.2) is 4.99 Å². The highest BCUT2D eigenvalue weighted by atomic mass is 35.5. The summed E-state index contributed by atoms with van der Waals surface area (Å²) < 4.78 is 16.4. The largest absolute Gasteiger partial charge is 0.493 e. The van der Waals surface area contributed by atoms with E-state index in [0.29, 0.717) is 23.8 Å². The predicted octanol–water partition coefficient (Wildman–Crippen LogP) is 6.06. The molecule has 0 saturated carbocycles. The molecule has 0 spiro atoms. The molecular weight excluding hydrogens is 483 g/mol. The van der Waals surface area contributed by atoms with Crippen molar-refractivity contribution in [3.63, 3.8) is 0 Å². The fourth-order valence-electron chi connectivity index (χ4n) is 4.61. The van der Waals surface area contributed by atoms with Crippen LogP contribution in [0.5, 0.6) is 17.2 Å². The summed E-state index contributed by atoms with van der Waals surface area (Å²) in [5.41, 5.74) is 6.76. The molecular formula is C28H28Cl2N2O3. The lowest BCUT2D eigenvalue weighted by Crippen LogP contribution is -2.30. The van der Waals surface area contributed by atoms with Crippen LogP contribution in [0.3, 0.4) is 0 Å². The van der Waals surface area contributed by atoms with Gasteiger partial charge in [0.15, 0.2) is 11.5 Å². The molecule has 0 aliphatic carbocycles. The summed E-state index contributed by atoms with van der Waals surface area (Å²) in [6.45, 7) is 0.680. The zero-order valence-corrected chi connectivity index (χ0v) is 21.5. The molecule has 35 heavy (non-hydrogen) atoms. The molecule has 5 rings (SSSR count). The van der Waals surface area contributed by atoms with Gasteiger partial charge in [-0.05, 0) is 53.3 Å². The Bertz CT molecular complexity index is 1250. The van der Waals surface area contributed by atoms with Crippen LogP contribution >= 0.6 is 24.0 Å². The van der Waals surface area contributed by atoms with Crippen LogP contribution in [0.1, 0.15) is 27.8 Å². The van der Waals surface area contributed by atoms with Crippen molar-refractivity contribution in [1.29, 1.82) is 0 Å². The van der Waals surface area contributed by atoms with Crippen LogP contribution in [0.25, 0.3) is 11.8 Å². The summed E-state index contributed by atoms with van der Waals surface area (Å²) in [6.07, 6.45) is 4.00. The van der Waals surface area contributed by atoms with Crippen LogP contribution in [0.2, 0.25) is 0 Å². The van der Waals surface area contributed by atoms with Crippen molar-refractivity contribution < 1.29 is 14.2 Å². The zero-order chi connectivity index (χ0) is 23.7. The van der Waals surface area contributed by atoms with Crippen LogP contribution in [-0.2, 0) is 12.8 Å². The van der Waals surface area contributed by atoms with Crippen molar-refractivity contribution in [1.82, 2.24) is 4.90 Å². The Morgan fingerprint density at radius 1 is 0.886 bits per heavy atom. The molecule has 0 fully saturated rings. The minimum atomic E-state index is -0.234. The molecule has 3 aromatic rings. The van der Waals surface area contributed by atoms with Crippen LogP contribution < -0.4 is 14.2 Å². The second-order valence-electron chi connectivity index (χ2n) is 8.35. The third-order valence-electron chi connectivity index (χ3n) is 6.31. The third-order valence-corrected chi connectivity index (χ3v) is 6.55. The van der Waals surface area contributed by atoms with E-state index >= 15 is 0 Å². The number of halogens is 2. The monoisotopic (exact) mass is 510 g/mol. The second kappa shape index (κ2) is 10.6. The first-order valence-electron chi connectivity index (χ1n) is 11.3. The normalized spacial score (nSPS) is 15.9. The van der Waals surface area contributed by atoms with Crippen molar-refractivity contribution in [3.05, 3.63) is 88.5 Å². The molecule has 182 valence electrons. The zero-order valence-electron chi connectivity index (χ0n) is 20.0. The summed E-state index contributed by atoms with van der Waals surface area (Å²) in [5.74, 6) is 2.93. The van der Waals surface area contributed by atoms with Gasteiger partial charge in [-0.1, -0.05) is 60.1 Å². The Hall–Kier alpha value is -3.15. The van der Waals surface area contributed by atoms with Gasteiger partial charge < -0.3 is 19.1 Å². The summed E-state index contributed by atoms with van der Waals surface area (Å²) in [7, 11) is 4.90. The molecule has 1 atom stereocenters. The van der Waals surface area contributed by atoms with E-state index in [1.54, 1.807) is 21.3 Å². The maximum atomic E-state index is 6.41. The maximum Gasteiger partial charge on any atom is 0.203 e. The molecule has 1 unspecified atom stereocenters. The van der Waals surface area contributed by atoms with Gasteiger partial charge in [0.25, 0.3) is 0 Å². The van der Waals surface area contributed by atoms with E-state index in [2.05, 4.69) is 58.4 Å². The second-order valence-corrected chi connectivity index (χ2v) is 8.85. The smallest absolute Gasteiger partial charge is 0.203 e. The Kier molecular flexibility index (Phi) is 7.58. The number of rotatable bonds is 7. The Morgan fingerprint density at radius 2 is 1.54 bits per heavy atom. The molecule has 3 aromatic carbocycles.